The maximum Gasteiger partial charge on any atom is 0.222 e. The molecule has 1 aliphatic rings. The second-order valence-corrected chi connectivity index (χ2v) is 3.99. The maximum absolute atomic E-state index is 11.3. The van der Waals surface area contributed by atoms with Gasteiger partial charge in [-0.1, -0.05) is 13.8 Å². The van der Waals surface area contributed by atoms with Gasteiger partial charge in [0, 0.05) is 25.4 Å². The van der Waals surface area contributed by atoms with E-state index < -0.39 is 0 Å². The Morgan fingerprint density at radius 1 is 1.54 bits per heavy atom. The first-order chi connectivity index (χ1) is 6.15. The fraction of sp³-hybridized carbons (Fsp3) is 0.800. The van der Waals surface area contributed by atoms with Gasteiger partial charge in [-0.15, -0.1) is 0 Å². The van der Waals surface area contributed by atoms with E-state index in [0.29, 0.717) is 18.9 Å². The maximum atomic E-state index is 11.3. The van der Waals surface area contributed by atoms with E-state index in [4.69, 9.17) is 0 Å². The summed E-state index contributed by atoms with van der Waals surface area (Å²) in [7, 11) is 0. The van der Waals surface area contributed by atoms with Crippen molar-refractivity contribution in [3.8, 4) is 0 Å². The molecule has 1 aliphatic heterocycles. The lowest BCUT2D eigenvalue weighted by Gasteiger charge is -2.22. The quantitative estimate of drug-likeness (QED) is 0.612. The van der Waals surface area contributed by atoms with Crippen molar-refractivity contribution in [1.29, 1.82) is 0 Å². The lowest BCUT2D eigenvalue weighted by Crippen LogP contribution is -2.33. The molecule has 3 heteroatoms. The van der Waals surface area contributed by atoms with Crippen LogP contribution in [0.5, 0.6) is 0 Å². The van der Waals surface area contributed by atoms with Gasteiger partial charge in [0.25, 0.3) is 0 Å². The van der Waals surface area contributed by atoms with Crippen LogP contribution in [0, 0.1) is 11.8 Å². The Hall–Kier alpha value is -0.860. The highest BCUT2D eigenvalue weighted by atomic mass is 16.2. The summed E-state index contributed by atoms with van der Waals surface area (Å²) >= 11 is 0. The third-order valence-corrected chi connectivity index (χ3v) is 2.63. The molecular weight excluding hydrogens is 166 g/mol. The molecule has 0 aromatic rings. The van der Waals surface area contributed by atoms with Crippen LogP contribution in [0.15, 0.2) is 0 Å². The average Bonchev–Trinajstić information content (AvgIpc) is 2.46. The molecule has 0 aromatic heterocycles. The molecule has 3 nitrogen and oxygen atoms in total. The number of hydrogen-bond donors (Lipinski definition) is 0. The Balaban J connectivity index is 2.45. The Labute approximate surface area is 79.1 Å². The van der Waals surface area contributed by atoms with Gasteiger partial charge < -0.3 is 9.69 Å². The van der Waals surface area contributed by atoms with Gasteiger partial charge in [-0.3, -0.25) is 4.79 Å². The topological polar surface area (TPSA) is 37.4 Å². The van der Waals surface area contributed by atoms with E-state index >= 15 is 0 Å². The molecule has 0 bridgehead atoms. The van der Waals surface area contributed by atoms with Crippen LogP contribution in [-0.2, 0) is 9.59 Å². The van der Waals surface area contributed by atoms with Gasteiger partial charge in [0.2, 0.25) is 5.91 Å². The van der Waals surface area contributed by atoms with E-state index in [2.05, 4.69) is 0 Å². The van der Waals surface area contributed by atoms with Gasteiger partial charge in [0.05, 0.1) is 0 Å². The monoisotopic (exact) mass is 183 g/mol. The van der Waals surface area contributed by atoms with Crippen molar-refractivity contribution < 1.29 is 9.59 Å². The van der Waals surface area contributed by atoms with E-state index in [0.717, 1.165) is 19.3 Å². The molecule has 1 heterocycles. The summed E-state index contributed by atoms with van der Waals surface area (Å²) < 4.78 is 0. The molecule has 0 aliphatic carbocycles. The van der Waals surface area contributed by atoms with Crippen molar-refractivity contribution >= 4 is 12.2 Å². The summed E-state index contributed by atoms with van der Waals surface area (Å²) in [5.41, 5.74) is 0. The van der Waals surface area contributed by atoms with Gasteiger partial charge in [-0.05, 0) is 12.3 Å². The molecular formula is C10H17NO2. The highest BCUT2D eigenvalue weighted by Gasteiger charge is 2.24. The van der Waals surface area contributed by atoms with Gasteiger partial charge in [-0.2, -0.15) is 0 Å². The second kappa shape index (κ2) is 4.40. The zero-order chi connectivity index (χ0) is 9.84. The summed E-state index contributed by atoms with van der Waals surface area (Å²) in [6.45, 7) is 5.47. The number of carbonyl (C=O) groups excluding carboxylic acids is 2. The highest BCUT2D eigenvalue weighted by Crippen LogP contribution is 2.15. The van der Waals surface area contributed by atoms with Gasteiger partial charge in [0.1, 0.15) is 6.29 Å². The molecule has 1 amide bonds. The van der Waals surface area contributed by atoms with Crippen molar-refractivity contribution in [1.82, 2.24) is 4.90 Å². The van der Waals surface area contributed by atoms with Crippen LogP contribution in [0.3, 0.4) is 0 Å². The predicted octanol–water partition coefficient (Wildman–Crippen LogP) is 1.08. The minimum absolute atomic E-state index is 0.00190. The molecule has 1 unspecified atom stereocenters. The van der Waals surface area contributed by atoms with Crippen molar-refractivity contribution in [2.45, 2.75) is 26.7 Å². The molecule has 1 atom stereocenters. The Morgan fingerprint density at radius 3 is 2.62 bits per heavy atom. The molecule has 74 valence electrons. The van der Waals surface area contributed by atoms with Gasteiger partial charge in [-0.25, -0.2) is 0 Å². The normalized spacial score (nSPS) is 19.6. The fourth-order valence-electron chi connectivity index (χ4n) is 1.56. The molecule has 1 fully saturated rings. The van der Waals surface area contributed by atoms with Crippen molar-refractivity contribution in [3.05, 3.63) is 0 Å². The second-order valence-electron chi connectivity index (χ2n) is 3.99. The zero-order valence-electron chi connectivity index (χ0n) is 8.32. The van der Waals surface area contributed by atoms with Crippen LogP contribution in [0.4, 0.5) is 0 Å². The average molecular weight is 183 g/mol. The lowest BCUT2D eigenvalue weighted by atomic mass is 9.97. The molecule has 0 aromatic carbocycles. The molecule has 0 radical (unpaired) electrons. The Bertz CT molecular complexity index is 201. The van der Waals surface area contributed by atoms with Crippen LogP contribution < -0.4 is 0 Å². The van der Waals surface area contributed by atoms with E-state index in [9.17, 15) is 9.59 Å². The number of hydrogen-bond acceptors (Lipinski definition) is 2. The molecule has 0 spiro atoms. The van der Waals surface area contributed by atoms with E-state index in [1.807, 2.05) is 13.8 Å². The predicted molar refractivity (Wildman–Crippen MR) is 50.2 cm³/mol. The number of aldehydes is 1. The lowest BCUT2D eigenvalue weighted by molar-refractivity contribution is -0.128. The summed E-state index contributed by atoms with van der Waals surface area (Å²) in [6.07, 6.45) is 2.57. The minimum Gasteiger partial charge on any atom is -0.342 e. The molecule has 13 heavy (non-hydrogen) atoms. The van der Waals surface area contributed by atoms with E-state index in [1.54, 1.807) is 4.90 Å². The Kier molecular flexibility index (Phi) is 3.46. The third kappa shape index (κ3) is 2.54. The van der Waals surface area contributed by atoms with Crippen molar-refractivity contribution in [3.63, 3.8) is 0 Å². The van der Waals surface area contributed by atoms with Crippen molar-refractivity contribution in [2.75, 3.05) is 13.1 Å². The van der Waals surface area contributed by atoms with Crippen LogP contribution in [0.25, 0.3) is 0 Å². The van der Waals surface area contributed by atoms with E-state index in [-0.39, 0.29) is 11.8 Å². The summed E-state index contributed by atoms with van der Waals surface area (Å²) in [5.74, 6) is 0.528. The largest absolute Gasteiger partial charge is 0.342 e. The van der Waals surface area contributed by atoms with E-state index in [1.165, 1.54) is 0 Å². The molecule has 0 saturated carbocycles. The first-order valence-electron chi connectivity index (χ1n) is 4.88. The highest BCUT2D eigenvalue weighted by molar-refractivity contribution is 5.78. The SMILES string of the molecule is CC(C)C(C=O)CN1CCCC1=O. The van der Waals surface area contributed by atoms with Gasteiger partial charge in [0.15, 0.2) is 0 Å². The number of likely N-dealkylation sites (tertiary alicyclic amines) is 1. The molecule has 1 rings (SSSR count). The van der Waals surface area contributed by atoms with Crippen LogP contribution in [-0.4, -0.2) is 30.2 Å². The first kappa shape index (κ1) is 10.2. The van der Waals surface area contributed by atoms with Crippen molar-refractivity contribution in [2.24, 2.45) is 11.8 Å². The zero-order valence-corrected chi connectivity index (χ0v) is 8.32. The summed E-state index contributed by atoms with van der Waals surface area (Å²) in [5, 5.41) is 0. The first-order valence-corrected chi connectivity index (χ1v) is 4.88. The van der Waals surface area contributed by atoms with Gasteiger partial charge >= 0.3 is 0 Å². The Morgan fingerprint density at radius 2 is 2.23 bits per heavy atom. The minimum atomic E-state index is 0.00190. The molecule has 1 saturated heterocycles. The number of amides is 1. The summed E-state index contributed by atoms with van der Waals surface area (Å²) in [6, 6.07) is 0. The molecule has 0 N–H and O–H groups in total. The number of carbonyl (C=O) groups is 2. The third-order valence-electron chi connectivity index (χ3n) is 2.63. The smallest absolute Gasteiger partial charge is 0.222 e. The summed E-state index contributed by atoms with van der Waals surface area (Å²) in [4.78, 5) is 23.8. The number of nitrogens with zero attached hydrogens (tertiary/aromatic N) is 1. The standard InChI is InChI=1S/C10H17NO2/c1-8(2)9(7-12)6-11-5-3-4-10(11)13/h7-9H,3-6H2,1-2H3. The fourth-order valence-corrected chi connectivity index (χ4v) is 1.56. The van der Waals surface area contributed by atoms with Crippen LogP contribution in [0.1, 0.15) is 26.7 Å². The van der Waals surface area contributed by atoms with Crippen LogP contribution >= 0.6 is 0 Å². The van der Waals surface area contributed by atoms with Crippen LogP contribution in [0.2, 0.25) is 0 Å². The number of rotatable bonds is 4.